The third kappa shape index (κ3) is 12.7. The Morgan fingerprint density at radius 2 is 0.519 bits per heavy atom. The number of halogens is 3. The minimum atomic E-state index is 0.734. The van der Waals surface area contributed by atoms with Gasteiger partial charge < -0.3 is 22.8 Å². The van der Waals surface area contributed by atoms with Crippen molar-refractivity contribution in [1.82, 2.24) is 22.8 Å². The molecule has 0 aliphatic carbocycles. The Bertz CT molecular complexity index is 9240. The molecule has 5 nitrogen and oxygen atoms in total. The summed E-state index contributed by atoms with van der Waals surface area (Å²) in [6.07, 6.45) is 0. The van der Waals surface area contributed by atoms with Gasteiger partial charge in [0.15, 0.2) is 0 Å². The molecule has 0 amide bonds. The van der Waals surface area contributed by atoms with Crippen molar-refractivity contribution < 1.29 is 0 Å². The van der Waals surface area contributed by atoms with Crippen LogP contribution in [0.15, 0.2) is 449 Å². The summed E-state index contributed by atoms with van der Waals surface area (Å²) in [6, 6.07) is 161. The predicted octanol–water partition coefficient (Wildman–Crippen LogP) is 35.0. The second-order valence-corrected chi connectivity index (χ2v) is 35.8. The summed E-state index contributed by atoms with van der Waals surface area (Å²) in [5.74, 6) is 0. The van der Waals surface area contributed by atoms with E-state index in [0.29, 0.717) is 0 Å². The second-order valence-electron chi connectivity index (χ2n) is 33.4. The molecule has 9 heteroatoms. The van der Waals surface area contributed by atoms with Crippen molar-refractivity contribution in [3.05, 3.63) is 464 Å². The van der Waals surface area contributed by atoms with Gasteiger partial charge in [-0.05, 0) is 236 Å². The predicted molar refractivity (Wildman–Crippen MR) is 553 cm³/mol. The van der Waals surface area contributed by atoms with Crippen LogP contribution in [-0.4, -0.2) is 22.8 Å². The van der Waals surface area contributed by atoms with Gasteiger partial charge in [-0.3, -0.25) is 0 Å². The summed E-state index contributed by atoms with van der Waals surface area (Å²) >= 11 is 21.8. The molecule has 0 fully saturated rings. The summed E-state index contributed by atoms with van der Waals surface area (Å²) < 4.78 is 14.6. The van der Waals surface area contributed by atoms with Crippen LogP contribution in [0, 0.1) is 0 Å². The fourth-order valence-corrected chi connectivity index (χ4v) is 22.1. The standard InChI is InChI=1S/C50H31ClN2.C36H23ClN2.C34H20ClNS/c51-37-13-10-12-32(27-37)33-22-25-47-44(28-33)45-29-34(23-26-48(45)53(47)50-31-36-11-4-5-16-39(36)40-17-6-7-18-41(40)50)35-21-24-43-42-19-8-9-20-46(42)52(49(43)30-35)38-14-2-1-3-15-38;37-26-17-20-34-32(23-26)31-19-16-25(22-36(31)39(34)28-11-5-2-6-12-28)24-15-18-30-29-13-7-8-14-33(29)38(35(30)21-24)27-9-3-1-4-10-27;35-29-19-23-8-4-5-11-25(23)34-33(29)27-16-14-22(20-30(27)36(34)24-9-2-1-3-10-24)21-15-17-32-28(18-21)26-12-6-7-13-31(26)37-32/h1-31H;1-23H;1-20H. The van der Waals surface area contributed by atoms with Crippen LogP contribution in [0.2, 0.25) is 15.1 Å². The van der Waals surface area contributed by atoms with E-state index in [4.69, 9.17) is 34.8 Å². The minimum absolute atomic E-state index is 0.734. The fraction of sp³-hybridized carbons (Fsp3) is 0. The first-order chi connectivity index (χ1) is 63.7. The van der Waals surface area contributed by atoms with E-state index < -0.39 is 0 Å². The third-order valence-corrected chi connectivity index (χ3v) is 28.0. The topological polar surface area (TPSA) is 24.6 Å². The average Bonchev–Trinajstić information content (AvgIpc) is 1.56. The quantitative estimate of drug-likeness (QED) is 0.129. The fourth-order valence-electron chi connectivity index (χ4n) is 20.3. The van der Waals surface area contributed by atoms with E-state index >= 15 is 0 Å². The summed E-state index contributed by atoms with van der Waals surface area (Å²) in [4.78, 5) is 0. The number of thiophene rings is 1. The molecule has 0 atom stereocenters. The Morgan fingerprint density at radius 3 is 1.06 bits per heavy atom. The van der Waals surface area contributed by atoms with E-state index in [2.05, 4.69) is 447 Å². The monoisotopic (exact) mass is 1720 g/mol. The van der Waals surface area contributed by atoms with Gasteiger partial charge in [0.05, 0.1) is 65.9 Å². The highest BCUT2D eigenvalue weighted by Crippen LogP contribution is 2.48. The van der Waals surface area contributed by atoms with Crippen LogP contribution >= 0.6 is 46.1 Å². The van der Waals surface area contributed by atoms with E-state index in [1.165, 1.54) is 168 Å². The Kier molecular flexibility index (Phi) is 18.2. The lowest BCUT2D eigenvalue weighted by molar-refractivity contribution is 1.18. The second kappa shape index (κ2) is 31.0. The summed E-state index contributed by atoms with van der Waals surface area (Å²) in [7, 11) is 0. The van der Waals surface area contributed by atoms with E-state index in [-0.39, 0.29) is 0 Å². The maximum absolute atomic E-state index is 6.97. The number of aromatic nitrogens is 5. The van der Waals surface area contributed by atoms with Crippen LogP contribution in [0.3, 0.4) is 0 Å². The van der Waals surface area contributed by atoms with Crippen LogP contribution in [-0.2, 0) is 0 Å². The smallest absolute Gasteiger partial charge is 0.0634 e. The molecular weight excluding hydrogens is 1650 g/mol. The molecule has 0 saturated heterocycles. The van der Waals surface area contributed by atoms with Gasteiger partial charge in [-0.15, -0.1) is 11.3 Å². The maximum atomic E-state index is 6.97. The number of benzene rings is 21. The van der Waals surface area contributed by atoms with E-state index in [0.717, 1.165) is 81.7 Å². The number of nitrogens with zero attached hydrogens (tertiary/aromatic N) is 5. The van der Waals surface area contributed by atoms with Gasteiger partial charge in [0.2, 0.25) is 0 Å². The highest BCUT2D eigenvalue weighted by atomic mass is 35.5. The molecule has 6 aromatic heterocycles. The van der Waals surface area contributed by atoms with Crippen LogP contribution < -0.4 is 0 Å². The first-order valence-electron chi connectivity index (χ1n) is 43.6. The lowest BCUT2D eigenvalue weighted by Crippen LogP contribution is -1.96. The average molecular weight is 1720 g/mol. The molecule has 6 heterocycles. The molecule has 0 bridgehead atoms. The van der Waals surface area contributed by atoms with Crippen molar-refractivity contribution in [3.8, 4) is 72.9 Å². The molecule has 27 rings (SSSR count). The van der Waals surface area contributed by atoms with Crippen LogP contribution in [0.25, 0.3) is 234 Å². The molecule has 27 aromatic rings. The number of hydrogen-bond acceptors (Lipinski definition) is 1. The number of para-hydroxylation sites is 6. The zero-order valence-electron chi connectivity index (χ0n) is 69.5. The van der Waals surface area contributed by atoms with Gasteiger partial charge in [-0.2, -0.15) is 0 Å². The molecule has 21 aromatic carbocycles. The van der Waals surface area contributed by atoms with Gasteiger partial charge in [0.25, 0.3) is 0 Å². The highest BCUT2D eigenvalue weighted by Gasteiger charge is 2.24. The molecule has 0 radical (unpaired) electrons. The lowest BCUT2D eigenvalue weighted by Gasteiger charge is -2.14. The molecule has 0 N–H and O–H groups in total. The summed E-state index contributed by atoms with van der Waals surface area (Å²) in [5, 5.41) is 24.3. The maximum Gasteiger partial charge on any atom is 0.0634 e. The molecule has 0 spiro atoms. The van der Waals surface area contributed by atoms with E-state index in [9.17, 15) is 0 Å². The molecule has 0 aliphatic rings. The normalized spacial score (nSPS) is 11.8. The Hall–Kier alpha value is -15.5. The molecule has 0 aliphatic heterocycles. The number of hydrogen-bond donors (Lipinski definition) is 0. The Morgan fingerprint density at radius 1 is 0.171 bits per heavy atom. The van der Waals surface area contributed by atoms with Gasteiger partial charge in [0.1, 0.15) is 0 Å². The SMILES string of the molecule is Clc1cc2ccccc2c2c1c1ccc(-c3ccc4sc5ccccc5c4c3)cc1n2-c1ccccc1.Clc1ccc2c(c1)c1ccc(-c3ccc4c5ccccc5n(-c5ccccc5)c4c3)cc1n2-c1ccccc1.Clc1cccc(-c2ccc3c(c2)c2cc(-c4ccc5c6ccccc6n(-c6ccccc6)c5c4)ccc2n3-c2cc3ccccc3c3ccccc23)c1. The lowest BCUT2D eigenvalue weighted by atomic mass is 9.99. The Labute approximate surface area is 761 Å². The van der Waals surface area contributed by atoms with Crippen LogP contribution in [0.4, 0.5) is 0 Å². The zero-order chi connectivity index (χ0) is 85.5. The number of rotatable bonds is 9. The molecule has 606 valence electrons. The van der Waals surface area contributed by atoms with Crippen molar-refractivity contribution in [1.29, 1.82) is 0 Å². The Balaban J connectivity index is 0.000000107. The van der Waals surface area contributed by atoms with E-state index in [1.807, 2.05) is 35.6 Å². The van der Waals surface area contributed by atoms with Crippen molar-refractivity contribution in [2.75, 3.05) is 0 Å². The van der Waals surface area contributed by atoms with Crippen molar-refractivity contribution in [2.45, 2.75) is 0 Å². The van der Waals surface area contributed by atoms with Gasteiger partial charge in [0, 0.05) is 118 Å². The minimum Gasteiger partial charge on any atom is -0.309 e. The summed E-state index contributed by atoms with van der Waals surface area (Å²) in [6.45, 7) is 0. The molecular formula is C120H74Cl3N5S. The largest absolute Gasteiger partial charge is 0.309 e. The summed E-state index contributed by atoms with van der Waals surface area (Å²) in [5.41, 5.74) is 27.0. The van der Waals surface area contributed by atoms with Gasteiger partial charge in [-0.1, -0.05) is 314 Å². The first kappa shape index (κ1) is 76.0. The van der Waals surface area contributed by atoms with Crippen LogP contribution in [0.1, 0.15) is 0 Å². The molecule has 0 unspecified atom stereocenters. The third-order valence-electron chi connectivity index (χ3n) is 26.1. The van der Waals surface area contributed by atoms with Crippen molar-refractivity contribution in [2.24, 2.45) is 0 Å². The number of fused-ring (bicyclic) bond motifs is 23. The van der Waals surface area contributed by atoms with E-state index in [1.54, 1.807) is 0 Å². The van der Waals surface area contributed by atoms with Crippen molar-refractivity contribution >= 4 is 208 Å². The molecule has 0 saturated carbocycles. The van der Waals surface area contributed by atoms with Gasteiger partial charge >= 0.3 is 0 Å². The van der Waals surface area contributed by atoms with Crippen LogP contribution in [0.5, 0.6) is 0 Å². The first-order valence-corrected chi connectivity index (χ1v) is 45.5. The van der Waals surface area contributed by atoms with Crippen molar-refractivity contribution in [3.63, 3.8) is 0 Å². The van der Waals surface area contributed by atoms with Gasteiger partial charge in [-0.25, -0.2) is 0 Å². The zero-order valence-corrected chi connectivity index (χ0v) is 72.6. The highest BCUT2D eigenvalue weighted by molar-refractivity contribution is 7.25. The molecule has 129 heavy (non-hydrogen) atoms.